The minimum atomic E-state index is -1.28. The number of nitrogens with one attached hydrogen (secondary N) is 1. The third-order valence-electron chi connectivity index (χ3n) is 2.79. The third-order valence-corrected chi connectivity index (χ3v) is 4.42. The van der Waals surface area contributed by atoms with Crippen LogP contribution in [-0.2, 0) is 21.3 Å². The molecule has 20 heavy (non-hydrogen) atoms. The summed E-state index contributed by atoms with van der Waals surface area (Å²) >= 11 is 0. The van der Waals surface area contributed by atoms with Gasteiger partial charge in [0.05, 0.1) is 0 Å². The Balaban J connectivity index is 1.94. The molecule has 0 aliphatic carbocycles. The van der Waals surface area contributed by atoms with Crippen LogP contribution in [0.2, 0.25) is 0 Å². The van der Waals surface area contributed by atoms with E-state index in [0.717, 1.165) is 5.56 Å². The molecule has 5 nitrogen and oxygen atoms in total. The molecule has 2 atom stereocenters. The van der Waals surface area contributed by atoms with E-state index >= 15 is 0 Å². The summed E-state index contributed by atoms with van der Waals surface area (Å²) in [6.07, 6.45) is 0. The monoisotopic (exact) mass is 292 g/mol. The minimum absolute atomic E-state index is 0.326. The maximum atomic E-state index is 12.2. The first-order valence-corrected chi connectivity index (χ1v) is 7.60. The summed E-state index contributed by atoms with van der Waals surface area (Å²) in [7, 11) is -1.28. The van der Waals surface area contributed by atoms with Gasteiger partial charge in [-0.3, -0.25) is 9.00 Å². The van der Waals surface area contributed by atoms with E-state index in [1.165, 1.54) is 0 Å². The zero-order valence-electron chi connectivity index (χ0n) is 11.3. The van der Waals surface area contributed by atoms with Crippen molar-refractivity contribution in [3.63, 3.8) is 0 Å². The molecule has 0 bridgehead atoms. The van der Waals surface area contributed by atoms with E-state index in [2.05, 4.69) is 10.5 Å². The predicted octanol–water partition coefficient (Wildman–Crippen LogP) is 2.26. The minimum Gasteiger partial charge on any atom is -0.360 e. The van der Waals surface area contributed by atoms with Gasteiger partial charge >= 0.3 is 0 Å². The molecule has 1 amide bonds. The summed E-state index contributed by atoms with van der Waals surface area (Å²) < 4.78 is 17.0. The molecule has 0 aliphatic rings. The third kappa shape index (κ3) is 3.77. The largest absolute Gasteiger partial charge is 0.360 e. The van der Waals surface area contributed by atoms with E-state index < -0.39 is 16.0 Å². The average Bonchev–Trinajstić information content (AvgIpc) is 2.84. The molecule has 6 heteroatoms. The molecule has 0 aliphatic heterocycles. The highest BCUT2D eigenvalue weighted by Gasteiger charge is 2.21. The Kier molecular flexibility index (Phi) is 4.68. The van der Waals surface area contributed by atoms with Crippen LogP contribution in [0.4, 0.5) is 5.82 Å². The smallest absolute Gasteiger partial charge is 0.241 e. The summed E-state index contributed by atoms with van der Waals surface area (Å²) in [6.45, 7) is 3.38. The standard InChI is InChI=1S/C14H16N2O3S/c1-10-8-13(16-19-10)15-14(17)11(2)20(18)9-12-6-4-3-5-7-12/h3-8,11H,9H2,1-2H3,(H,15,16,17)/t11-,20-/m0/s1. The van der Waals surface area contributed by atoms with Gasteiger partial charge in [0, 0.05) is 22.6 Å². The number of carbonyl (C=O) groups excluding carboxylic acids is 1. The molecule has 1 aromatic heterocycles. The average molecular weight is 292 g/mol. The van der Waals surface area contributed by atoms with Gasteiger partial charge in [-0.15, -0.1) is 0 Å². The molecule has 0 radical (unpaired) electrons. The number of aromatic nitrogens is 1. The van der Waals surface area contributed by atoms with E-state index in [9.17, 15) is 9.00 Å². The van der Waals surface area contributed by atoms with Crippen LogP contribution in [0.1, 0.15) is 18.2 Å². The Morgan fingerprint density at radius 3 is 2.70 bits per heavy atom. The lowest BCUT2D eigenvalue weighted by atomic mass is 10.2. The first-order chi connectivity index (χ1) is 9.56. The normalized spacial score (nSPS) is 13.7. The second-order valence-corrected chi connectivity index (χ2v) is 6.22. The van der Waals surface area contributed by atoms with Gasteiger partial charge in [-0.1, -0.05) is 35.5 Å². The molecule has 1 N–H and O–H groups in total. The van der Waals surface area contributed by atoms with Crippen LogP contribution in [-0.4, -0.2) is 20.5 Å². The predicted molar refractivity (Wildman–Crippen MR) is 77.6 cm³/mol. The van der Waals surface area contributed by atoms with Crippen LogP contribution >= 0.6 is 0 Å². The molecular weight excluding hydrogens is 276 g/mol. The Morgan fingerprint density at radius 2 is 2.10 bits per heavy atom. The van der Waals surface area contributed by atoms with Crippen molar-refractivity contribution < 1.29 is 13.5 Å². The van der Waals surface area contributed by atoms with Gasteiger partial charge in [0.15, 0.2) is 5.82 Å². The van der Waals surface area contributed by atoms with Crippen LogP contribution in [0.15, 0.2) is 40.9 Å². The van der Waals surface area contributed by atoms with Crippen LogP contribution in [0.3, 0.4) is 0 Å². The van der Waals surface area contributed by atoms with E-state index in [-0.39, 0.29) is 5.91 Å². The number of rotatable bonds is 5. The quantitative estimate of drug-likeness (QED) is 0.917. The second-order valence-electron chi connectivity index (χ2n) is 4.46. The lowest BCUT2D eigenvalue weighted by Crippen LogP contribution is -2.29. The number of hydrogen-bond acceptors (Lipinski definition) is 4. The highest BCUT2D eigenvalue weighted by molar-refractivity contribution is 7.85. The summed E-state index contributed by atoms with van der Waals surface area (Å²) in [6, 6.07) is 11.1. The van der Waals surface area contributed by atoms with Gasteiger partial charge in [0.1, 0.15) is 11.0 Å². The fourth-order valence-corrected chi connectivity index (χ4v) is 2.70. The molecule has 2 aromatic rings. The van der Waals surface area contributed by atoms with Gasteiger partial charge in [-0.2, -0.15) is 0 Å². The van der Waals surface area contributed by atoms with Gasteiger partial charge < -0.3 is 9.84 Å². The molecule has 2 rings (SSSR count). The zero-order chi connectivity index (χ0) is 14.5. The first kappa shape index (κ1) is 14.5. The fourth-order valence-electron chi connectivity index (χ4n) is 1.64. The molecule has 0 saturated heterocycles. The lowest BCUT2D eigenvalue weighted by Gasteiger charge is -2.10. The van der Waals surface area contributed by atoms with E-state index in [0.29, 0.717) is 17.3 Å². The van der Waals surface area contributed by atoms with Crippen LogP contribution < -0.4 is 5.32 Å². The van der Waals surface area contributed by atoms with Crippen molar-refractivity contribution >= 4 is 22.5 Å². The van der Waals surface area contributed by atoms with E-state index in [1.807, 2.05) is 30.3 Å². The maximum absolute atomic E-state index is 12.2. The molecule has 1 heterocycles. The van der Waals surface area contributed by atoms with Crippen molar-refractivity contribution in [1.29, 1.82) is 0 Å². The van der Waals surface area contributed by atoms with Crippen molar-refractivity contribution in [3.8, 4) is 0 Å². The van der Waals surface area contributed by atoms with Gasteiger partial charge in [-0.05, 0) is 19.4 Å². The highest BCUT2D eigenvalue weighted by Crippen LogP contribution is 2.11. The van der Waals surface area contributed by atoms with Crippen LogP contribution in [0.25, 0.3) is 0 Å². The second kappa shape index (κ2) is 6.47. The maximum Gasteiger partial charge on any atom is 0.241 e. The Labute approximate surface area is 119 Å². The van der Waals surface area contributed by atoms with Crippen molar-refractivity contribution in [2.45, 2.75) is 24.9 Å². The molecule has 106 valence electrons. The SMILES string of the molecule is Cc1cc(NC(=O)[C@H](C)[S@@](=O)Cc2ccccc2)no1. The Hall–Kier alpha value is -1.95. The molecule has 0 spiro atoms. The number of hydrogen-bond donors (Lipinski definition) is 1. The summed E-state index contributed by atoms with van der Waals surface area (Å²) in [5, 5.41) is 5.65. The summed E-state index contributed by atoms with van der Waals surface area (Å²) in [5.41, 5.74) is 0.947. The molecule has 0 fully saturated rings. The van der Waals surface area contributed by atoms with Crippen molar-refractivity contribution in [1.82, 2.24) is 5.16 Å². The molecule has 0 unspecified atom stereocenters. The van der Waals surface area contributed by atoms with Crippen molar-refractivity contribution in [2.24, 2.45) is 0 Å². The van der Waals surface area contributed by atoms with Gasteiger partial charge in [0.2, 0.25) is 5.91 Å². The highest BCUT2D eigenvalue weighted by atomic mass is 32.2. The fraction of sp³-hybridized carbons (Fsp3) is 0.286. The molecular formula is C14H16N2O3S. The number of amides is 1. The number of carbonyl (C=O) groups is 1. The molecule has 0 saturated carbocycles. The van der Waals surface area contributed by atoms with E-state index in [1.54, 1.807) is 19.9 Å². The Morgan fingerprint density at radius 1 is 1.40 bits per heavy atom. The van der Waals surface area contributed by atoms with Gasteiger partial charge in [0.25, 0.3) is 0 Å². The number of benzene rings is 1. The van der Waals surface area contributed by atoms with Crippen LogP contribution in [0.5, 0.6) is 0 Å². The van der Waals surface area contributed by atoms with Crippen molar-refractivity contribution in [3.05, 3.63) is 47.7 Å². The first-order valence-electron chi connectivity index (χ1n) is 6.21. The van der Waals surface area contributed by atoms with Crippen molar-refractivity contribution in [2.75, 3.05) is 5.32 Å². The number of aryl methyl sites for hydroxylation is 1. The van der Waals surface area contributed by atoms with E-state index in [4.69, 9.17) is 4.52 Å². The topological polar surface area (TPSA) is 72.2 Å². The zero-order valence-corrected chi connectivity index (χ0v) is 12.1. The lowest BCUT2D eigenvalue weighted by molar-refractivity contribution is -0.115. The Bertz CT molecular complexity index is 610. The number of anilines is 1. The summed E-state index contributed by atoms with van der Waals surface area (Å²) in [5.74, 6) is 0.981. The van der Waals surface area contributed by atoms with Gasteiger partial charge in [-0.25, -0.2) is 0 Å². The number of nitrogens with zero attached hydrogens (tertiary/aromatic N) is 1. The van der Waals surface area contributed by atoms with Crippen LogP contribution in [0, 0.1) is 6.92 Å². The summed E-state index contributed by atoms with van der Waals surface area (Å²) in [4.78, 5) is 12.0. The molecule has 1 aromatic carbocycles.